The lowest BCUT2D eigenvalue weighted by Gasteiger charge is -2.27. The van der Waals surface area contributed by atoms with Gasteiger partial charge in [-0.25, -0.2) is 0 Å². The Balaban J connectivity index is 3.61. The van der Waals surface area contributed by atoms with Crippen molar-refractivity contribution in [1.29, 1.82) is 0 Å². The molecular formula is C49H97NO5. The van der Waals surface area contributed by atoms with E-state index in [1.165, 1.54) is 199 Å². The number of amides is 1. The zero-order valence-electron chi connectivity index (χ0n) is 36.9. The van der Waals surface area contributed by atoms with Crippen LogP contribution < -0.4 is 5.32 Å². The molecule has 0 aliphatic heterocycles. The second-order valence-corrected chi connectivity index (χ2v) is 17.2. The molecule has 0 aromatic carbocycles. The maximum Gasteiger partial charge on any atom is 0.249 e. The van der Waals surface area contributed by atoms with Crippen LogP contribution in [0.25, 0.3) is 0 Å². The van der Waals surface area contributed by atoms with Crippen molar-refractivity contribution in [1.82, 2.24) is 5.32 Å². The van der Waals surface area contributed by atoms with Gasteiger partial charge in [0.25, 0.3) is 0 Å². The molecule has 1 amide bonds. The van der Waals surface area contributed by atoms with Gasteiger partial charge in [-0.1, -0.05) is 238 Å². The largest absolute Gasteiger partial charge is 0.394 e. The van der Waals surface area contributed by atoms with Crippen LogP contribution in [-0.2, 0) is 4.79 Å². The Morgan fingerprint density at radius 2 is 0.745 bits per heavy atom. The second-order valence-electron chi connectivity index (χ2n) is 17.2. The van der Waals surface area contributed by atoms with Gasteiger partial charge in [0.15, 0.2) is 0 Å². The summed E-state index contributed by atoms with van der Waals surface area (Å²) in [4.78, 5) is 12.5. The first-order chi connectivity index (χ1) is 27.0. The van der Waals surface area contributed by atoms with E-state index in [0.717, 1.165) is 38.5 Å². The molecule has 0 rings (SSSR count). The first-order valence-corrected chi connectivity index (χ1v) is 24.6. The summed E-state index contributed by atoms with van der Waals surface area (Å²) < 4.78 is 0. The van der Waals surface area contributed by atoms with Crippen LogP contribution in [-0.4, -0.2) is 57.3 Å². The van der Waals surface area contributed by atoms with E-state index in [1.807, 2.05) is 0 Å². The second kappa shape index (κ2) is 44.2. The van der Waals surface area contributed by atoms with E-state index in [1.54, 1.807) is 0 Å². The van der Waals surface area contributed by atoms with Gasteiger partial charge >= 0.3 is 0 Å². The first-order valence-electron chi connectivity index (χ1n) is 24.6. The number of hydrogen-bond donors (Lipinski definition) is 5. The molecule has 6 heteroatoms. The van der Waals surface area contributed by atoms with E-state index < -0.39 is 36.9 Å². The van der Waals surface area contributed by atoms with Crippen LogP contribution in [0.4, 0.5) is 0 Å². The summed E-state index contributed by atoms with van der Waals surface area (Å²) in [5.41, 5.74) is 0. The third-order valence-corrected chi connectivity index (χ3v) is 11.7. The standard InChI is InChI=1S/C49H97NO5/c1-3-5-7-9-11-13-15-16-17-18-19-20-21-22-23-24-25-26-27-28-29-30-31-33-34-36-38-40-42-46(52)48(54)45(44-51)50-49(55)47(53)43-41-39-37-35-32-14-12-10-8-6-4-2/h34,36,45-48,51-54H,3-33,35,37-44H2,1-2H3,(H,50,55)/b36-34+. The Morgan fingerprint density at radius 3 is 1.09 bits per heavy atom. The van der Waals surface area contributed by atoms with Crippen LogP contribution >= 0.6 is 0 Å². The van der Waals surface area contributed by atoms with Gasteiger partial charge in [-0.05, 0) is 38.5 Å². The van der Waals surface area contributed by atoms with Crippen LogP contribution in [0.15, 0.2) is 12.2 Å². The Labute approximate surface area is 342 Å². The molecule has 0 fully saturated rings. The fraction of sp³-hybridized carbons (Fsp3) is 0.939. The Kier molecular flexibility index (Phi) is 43.4. The zero-order chi connectivity index (χ0) is 40.3. The molecule has 0 aromatic heterocycles. The number of carbonyl (C=O) groups excluding carboxylic acids is 1. The lowest BCUT2D eigenvalue weighted by molar-refractivity contribution is -0.132. The summed E-state index contributed by atoms with van der Waals surface area (Å²) in [5.74, 6) is -0.592. The Hall–Kier alpha value is -0.950. The number of unbranched alkanes of at least 4 members (excludes halogenated alkanes) is 34. The van der Waals surface area contributed by atoms with Crippen molar-refractivity contribution in [2.75, 3.05) is 6.61 Å². The van der Waals surface area contributed by atoms with Gasteiger partial charge in [0, 0.05) is 0 Å². The number of allylic oxidation sites excluding steroid dienone is 2. The van der Waals surface area contributed by atoms with Crippen LogP contribution in [0, 0.1) is 0 Å². The highest BCUT2D eigenvalue weighted by Gasteiger charge is 2.28. The fourth-order valence-corrected chi connectivity index (χ4v) is 7.82. The number of aliphatic hydroxyl groups excluding tert-OH is 4. The van der Waals surface area contributed by atoms with E-state index >= 15 is 0 Å². The van der Waals surface area contributed by atoms with Crippen LogP contribution in [0.5, 0.6) is 0 Å². The van der Waals surface area contributed by atoms with Crippen molar-refractivity contribution in [3.8, 4) is 0 Å². The van der Waals surface area contributed by atoms with Crippen LogP contribution in [0.1, 0.15) is 264 Å². The highest BCUT2D eigenvalue weighted by molar-refractivity contribution is 5.80. The smallest absolute Gasteiger partial charge is 0.249 e. The third-order valence-electron chi connectivity index (χ3n) is 11.7. The summed E-state index contributed by atoms with van der Waals surface area (Å²) in [5, 5.41) is 43.6. The van der Waals surface area contributed by atoms with E-state index in [0.29, 0.717) is 12.8 Å². The molecule has 0 aliphatic carbocycles. The Bertz CT molecular complexity index is 791. The minimum absolute atomic E-state index is 0.367. The molecule has 0 radical (unpaired) electrons. The minimum atomic E-state index is -1.28. The van der Waals surface area contributed by atoms with Crippen molar-refractivity contribution in [2.45, 2.75) is 289 Å². The first kappa shape index (κ1) is 54.0. The summed E-state index contributed by atoms with van der Waals surface area (Å²) in [7, 11) is 0. The van der Waals surface area contributed by atoms with E-state index in [4.69, 9.17) is 0 Å². The fourth-order valence-electron chi connectivity index (χ4n) is 7.82. The minimum Gasteiger partial charge on any atom is -0.394 e. The molecule has 0 saturated carbocycles. The topological polar surface area (TPSA) is 110 Å². The molecular weight excluding hydrogens is 683 g/mol. The molecule has 0 heterocycles. The van der Waals surface area contributed by atoms with Gasteiger partial charge in [-0.15, -0.1) is 0 Å². The predicted octanol–water partition coefficient (Wildman–Crippen LogP) is 13.4. The number of nitrogens with one attached hydrogen (secondary N) is 1. The molecule has 5 N–H and O–H groups in total. The Morgan fingerprint density at radius 1 is 0.436 bits per heavy atom. The summed E-state index contributed by atoms with van der Waals surface area (Å²) >= 11 is 0. The predicted molar refractivity (Wildman–Crippen MR) is 238 cm³/mol. The van der Waals surface area contributed by atoms with Crippen molar-refractivity contribution in [3.05, 3.63) is 12.2 Å². The van der Waals surface area contributed by atoms with Gasteiger partial charge in [0.1, 0.15) is 12.2 Å². The van der Waals surface area contributed by atoms with Gasteiger partial charge in [0.05, 0.1) is 18.8 Å². The molecule has 55 heavy (non-hydrogen) atoms. The van der Waals surface area contributed by atoms with Gasteiger partial charge in [-0.3, -0.25) is 4.79 Å². The zero-order valence-corrected chi connectivity index (χ0v) is 36.9. The van der Waals surface area contributed by atoms with Crippen molar-refractivity contribution in [2.24, 2.45) is 0 Å². The van der Waals surface area contributed by atoms with Crippen molar-refractivity contribution in [3.63, 3.8) is 0 Å². The monoisotopic (exact) mass is 780 g/mol. The number of aliphatic hydroxyl groups is 4. The molecule has 4 unspecified atom stereocenters. The molecule has 0 aliphatic rings. The average Bonchev–Trinajstić information content (AvgIpc) is 3.19. The molecule has 0 saturated heterocycles. The molecule has 4 atom stereocenters. The van der Waals surface area contributed by atoms with Crippen LogP contribution in [0.3, 0.4) is 0 Å². The highest BCUT2D eigenvalue weighted by atomic mass is 16.3. The summed E-state index contributed by atoms with van der Waals surface area (Å²) in [6, 6.07) is -0.996. The van der Waals surface area contributed by atoms with Crippen LogP contribution in [0.2, 0.25) is 0 Å². The lowest BCUT2D eigenvalue weighted by Crippen LogP contribution is -2.53. The molecule has 0 bridgehead atoms. The van der Waals surface area contributed by atoms with Crippen molar-refractivity contribution >= 4 is 5.91 Å². The molecule has 0 aromatic rings. The van der Waals surface area contributed by atoms with E-state index in [2.05, 4.69) is 31.3 Å². The summed E-state index contributed by atoms with van der Waals surface area (Å²) in [6.07, 6.45) is 49.9. The summed E-state index contributed by atoms with van der Waals surface area (Å²) in [6.45, 7) is 4.04. The van der Waals surface area contributed by atoms with E-state index in [9.17, 15) is 25.2 Å². The molecule has 6 nitrogen and oxygen atoms in total. The molecule has 0 spiro atoms. The number of carbonyl (C=O) groups is 1. The van der Waals surface area contributed by atoms with Crippen molar-refractivity contribution < 1.29 is 25.2 Å². The maximum atomic E-state index is 12.5. The molecule has 328 valence electrons. The van der Waals surface area contributed by atoms with E-state index in [-0.39, 0.29) is 0 Å². The van der Waals surface area contributed by atoms with Gasteiger partial charge < -0.3 is 25.7 Å². The normalized spacial score (nSPS) is 14.1. The van der Waals surface area contributed by atoms with Gasteiger partial charge in [-0.2, -0.15) is 0 Å². The maximum absolute atomic E-state index is 12.5. The SMILES string of the molecule is CCCCCCCCCCCCCCCCCCCCCCCCC/C=C/CCCC(O)C(O)C(CO)NC(=O)C(O)CCCCCCCCCCCCC. The highest BCUT2D eigenvalue weighted by Crippen LogP contribution is 2.17. The average molecular weight is 780 g/mol. The number of hydrogen-bond acceptors (Lipinski definition) is 5. The quantitative estimate of drug-likeness (QED) is 0.0312. The van der Waals surface area contributed by atoms with Gasteiger partial charge in [0.2, 0.25) is 5.91 Å². The third kappa shape index (κ3) is 38.3. The lowest BCUT2D eigenvalue weighted by atomic mass is 10.00. The number of rotatable bonds is 45.